The van der Waals surface area contributed by atoms with Gasteiger partial charge in [0.15, 0.2) is 0 Å². The van der Waals surface area contributed by atoms with Gasteiger partial charge in [-0.1, -0.05) is 12.8 Å². The molecule has 0 radical (unpaired) electrons. The van der Waals surface area contributed by atoms with E-state index in [1.54, 1.807) is 0 Å². The minimum Gasteiger partial charge on any atom is -0.325 e. The molecule has 2 aliphatic heterocycles. The maximum atomic E-state index is 12.7. The lowest BCUT2D eigenvalue weighted by Crippen LogP contribution is -2.44. The second kappa shape index (κ2) is 4.49. The first-order chi connectivity index (χ1) is 8.61. The van der Waals surface area contributed by atoms with Crippen molar-refractivity contribution in [3.05, 3.63) is 0 Å². The molecule has 0 bridgehead atoms. The Morgan fingerprint density at radius 1 is 1.39 bits per heavy atom. The Labute approximate surface area is 110 Å². The predicted octanol–water partition coefficient (Wildman–Crippen LogP) is 1.03. The molecule has 4 nitrogen and oxygen atoms in total. The monoisotopic (exact) mass is 251 g/mol. The fourth-order valence-electron chi connectivity index (χ4n) is 4.02. The molecule has 18 heavy (non-hydrogen) atoms. The SMILES string of the molecule is CC1NC2(CCCC2)C(=O)N1CC1CCN(C)C1. The van der Waals surface area contributed by atoms with E-state index >= 15 is 0 Å². The minimum atomic E-state index is -0.191. The molecule has 0 aromatic carbocycles. The van der Waals surface area contributed by atoms with Crippen LogP contribution in [0.3, 0.4) is 0 Å². The molecule has 102 valence electrons. The zero-order valence-electron chi connectivity index (χ0n) is 11.6. The Hall–Kier alpha value is -0.610. The van der Waals surface area contributed by atoms with Crippen molar-refractivity contribution in [2.75, 3.05) is 26.7 Å². The van der Waals surface area contributed by atoms with Crippen LogP contribution in [0.4, 0.5) is 0 Å². The molecule has 0 aromatic heterocycles. The van der Waals surface area contributed by atoms with E-state index in [2.05, 4.69) is 29.1 Å². The molecule has 1 spiro atoms. The molecule has 2 heterocycles. The standard InChI is InChI=1S/C14H25N3O/c1-11-15-14(6-3-4-7-14)13(18)17(11)10-12-5-8-16(2)9-12/h11-12,15H,3-10H2,1-2H3. The average molecular weight is 251 g/mol. The van der Waals surface area contributed by atoms with Gasteiger partial charge in [-0.15, -0.1) is 0 Å². The topological polar surface area (TPSA) is 35.6 Å². The number of amides is 1. The van der Waals surface area contributed by atoms with E-state index in [1.807, 2.05) is 0 Å². The lowest BCUT2D eigenvalue weighted by Gasteiger charge is -2.25. The van der Waals surface area contributed by atoms with E-state index in [9.17, 15) is 4.79 Å². The summed E-state index contributed by atoms with van der Waals surface area (Å²) < 4.78 is 0. The number of carbonyl (C=O) groups is 1. The van der Waals surface area contributed by atoms with Gasteiger partial charge in [-0.3, -0.25) is 10.1 Å². The highest BCUT2D eigenvalue weighted by atomic mass is 16.2. The quantitative estimate of drug-likeness (QED) is 0.796. The van der Waals surface area contributed by atoms with Crippen LogP contribution in [0.25, 0.3) is 0 Å². The van der Waals surface area contributed by atoms with Gasteiger partial charge in [0.25, 0.3) is 0 Å². The maximum Gasteiger partial charge on any atom is 0.244 e. The molecule has 2 atom stereocenters. The van der Waals surface area contributed by atoms with Gasteiger partial charge in [-0.25, -0.2) is 0 Å². The van der Waals surface area contributed by atoms with E-state index in [4.69, 9.17) is 0 Å². The van der Waals surface area contributed by atoms with Gasteiger partial charge < -0.3 is 9.80 Å². The third kappa shape index (κ3) is 1.95. The third-order valence-corrected chi connectivity index (χ3v) is 5.02. The van der Waals surface area contributed by atoms with Crippen molar-refractivity contribution in [1.29, 1.82) is 0 Å². The second-order valence-corrected chi connectivity index (χ2v) is 6.48. The van der Waals surface area contributed by atoms with Crippen LogP contribution < -0.4 is 5.32 Å². The zero-order chi connectivity index (χ0) is 12.8. The molecule has 2 saturated heterocycles. The molecule has 0 aromatic rings. The van der Waals surface area contributed by atoms with Crippen molar-refractivity contribution >= 4 is 5.91 Å². The van der Waals surface area contributed by atoms with Crippen molar-refractivity contribution in [2.24, 2.45) is 5.92 Å². The fraction of sp³-hybridized carbons (Fsp3) is 0.929. The predicted molar refractivity (Wildman–Crippen MR) is 71.1 cm³/mol. The molecule has 3 rings (SSSR count). The molecule has 3 aliphatic rings. The number of nitrogens with one attached hydrogen (secondary N) is 1. The van der Waals surface area contributed by atoms with Crippen molar-refractivity contribution in [3.63, 3.8) is 0 Å². The van der Waals surface area contributed by atoms with Gasteiger partial charge >= 0.3 is 0 Å². The molecular weight excluding hydrogens is 226 g/mol. The maximum absolute atomic E-state index is 12.7. The van der Waals surface area contributed by atoms with Crippen molar-refractivity contribution in [2.45, 2.75) is 50.7 Å². The van der Waals surface area contributed by atoms with Crippen LogP contribution in [-0.4, -0.2) is 54.1 Å². The first-order valence-corrected chi connectivity index (χ1v) is 7.38. The zero-order valence-corrected chi connectivity index (χ0v) is 11.6. The normalized spacial score (nSPS) is 36.1. The van der Waals surface area contributed by atoms with Gasteiger partial charge in [0, 0.05) is 13.1 Å². The second-order valence-electron chi connectivity index (χ2n) is 6.48. The van der Waals surface area contributed by atoms with Crippen LogP contribution in [0, 0.1) is 5.92 Å². The number of rotatable bonds is 2. The smallest absolute Gasteiger partial charge is 0.244 e. The Bertz CT molecular complexity index is 338. The lowest BCUT2D eigenvalue weighted by atomic mass is 9.97. The van der Waals surface area contributed by atoms with Gasteiger partial charge in [-0.05, 0) is 45.7 Å². The Balaban J connectivity index is 1.67. The molecule has 1 saturated carbocycles. The van der Waals surface area contributed by atoms with Crippen molar-refractivity contribution < 1.29 is 4.79 Å². The number of nitrogens with zero attached hydrogens (tertiary/aromatic N) is 2. The number of likely N-dealkylation sites (tertiary alicyclic amines) is 1. The van der Waals surface area contributed by atoms with Gasteiger partial charge in [0.1, 0.15) is 0 Å². The van der Waals surface area contributed by atoms with Crippen LogP contribution in [-0.2, 0) is 4.79 Å². The average Bonchev–Trinajstić information content (AvgIpc) is 2.99. The summed E-state index contributed by atoms with van der Waals surface area (Å²) in [6.45, 7) is 5.41. The summed E-state index contributed by atoms with van der Waals surface area (Å²) in [7, 11) is 2.17. The fourth-order valence-corrected chi connectivity index (χ4v) is 4.02. The minimum absolute atomic E-state index is 0.191. The Morgan fingerprint density at radius 3 is 2.72 bits per heavy atom. The van der Waals surface area contributed by atoms with Crippen LogP contribution in [0.15, 0.2) is 0 Å². The van der Waals surface area contributed by atoms with E-state index in [1.165, 1.54) is 25.8 Å². The summed E-state index contributed by atoms with van der Waals surface area (Å²) in [6.07, 6.45) is 5.94. The lowest BCUT2D eigenvalue weighted by molar-refractivity contribution is -0.133. The molecule has 2 unspecified atom stereocenters. The first kappa shape index (κ1) is 12.4. The summed E-state index contributed by atoms with van der Waals surface area (Å²) in [5.41, 5.74) is -0.191. The van der Waals surface area contributed by atoms with Crippen LogP contribution in [0.1, 0.15) is 39.0 Å². The van der Waals surface area contributed by atoms with Crippen LogP contribution in [0.2, 0.25) is 0 Å². The largest absolute Gasteiger partial charge is 0.325 e. The Morgan fingerprint density at radius 2 is 2.11 bits per heavy atom. The van der Waals surface area contributed by atoms with E-state index in [-0.39, 0.29) is 11.7 Å². The highest BCUT2D eigenvalue weighted by Crippen LogP contribution is 2.36. The number of hydrogen-bond acceptors (Lipinski definition) is 3. The molecular formula is C14H25N3O. The van der Waals surface area contributed by atoms with E-state index < -0.39 is 0 Å². The summed E-state index contributed by atoms with van der Waals surface area (Å²) in [5, 5.41) is 3.58. The summed E-state index contributed by atoms with van der Waals surface area (Å²) in [5.74, 6) is 1.04. The summed E-state index contributed by atoms with van der Waals surface area (Å²) >= 11 is 0. The molecule has 1 aliphatic carbocycles. The Kier molecular flexibility index (Phi) is 3.10. The number of hydrogen-bond donors (Lipinski definition) is 1. The number of carbonyl (C=O) groups excluding carboxylic acids is 1. The molecule has 1 N–H and O–H groups in total. The van der Waals surface area contributed by atoms with E-state index in [0.29, 0.717) is 11.8 Å². The van der Waals surface area contributed by atoms with Crippen LogP contribution in [0.5, 0.6) is 0 Å². The van der Waals surface area contributed by atoms with Gasteiger partial charge in [-0.2, -0.15) is 0 Å². The molecule has 3 fully saturated rings. The molecule has 4 heteroatoms. The first-order valence-electron chi connectivity index (χ1n) is 7.38. The van der Waals surface area contributed by atoms with Crippen molar-refractivity contribution in [3.8, 4) is 0 Å². The van der Waals surface area contributed by atoms with Crippen LogP contribution >= 0.6 is 0 Å². The van der Waals surface area contributed by atoms with Gasteiger partial charge in [0.05, 0.1) is 11.7 Å². The summed E-state index contributed by atoms with van der Waals surface area (Å²) in [6, 6.07) is 0. The molecule has 1 amide bonds. The van der Waals surface area contributed by atoms with Crippen molar-refractivity contribution in [1.82, 2.24) is 15.1 Å². The third-order valence-electron chi connectivity index (χ3n) is 5.02. The highest BCUT2D eigenvalue weighted by Gasteiger charge is 2.51. The van der Waals surface area contributed by atoms with Gasteiger partial charge in [0.2, 0.25) is 5.91 Å². The highest BCUT2D eigenvalue weighted by molar-refractivity contribution is 5.89. The summed E-state index contributed by atoms with van der Waals surface area (Å²) in [4.78, 5) is 17.1. The van der Waals surface area contributed by atoms with E-state index in [0.717, 1.165) is 25.9 Å².